The lowest BCUT2D eigenvalue weighted by atomic mass is 10.2. The second-order valence-corrected chi connectivity index (χ2v) is 3.86. The van der Waals surface area contributed by atoms with Crippen LogP contribution >= 0.6 is 0 Å². The van der Waals surface area contributed by atoms with E-state index < -0.39 is 5.97 Å². The van der Waals surface area contributed by atoms with Crippen LogP contribution in [0.15, 0.2) is 18.3 Å². The van der Waals surface area contributed by atoms with Gasteiger partial charge in [-0.25, -0.2) is 4.98 Å². The summed E-state index contributed by atoms with van der Waals surface area (Å²) in [7, 11) is 1.74. The van der Waals surface area contributed by atoms with E-state index in [4.69, 9.17) is 11.5 Å². The Labute approximate surface area is 111 Å². The van der Waals surface area contributed by atoms with Crippen molar-refractivity contribution in [1.29, 1.82) is 0 Å². The van der Waals surface area contributed by atoms with Gasteiger partial charge in [-0.1, -0.05) is 5.92 Å². The van der Waals surface area contributed by atoms with Crippen molar-refractivity contribution in [2.45, 2.75) is 6.42 Å². The molecule has 0 saturated carbocycles. The molecule has 0 atom stereocenters. The Balaban J connectivity index is 2.63. The van der Waals surface area contributed by atoms with Crippen LogP contribution in [0.4, 0.5) is 5.82 Å². The number of nitrogens with one attached hydrogen (secondary N) is 1. The van der Waals surface area contributed by atoms with Gasteiger partial charge < -0.3 is 15.3 Å². The first-order valence-electron chi connectivity index (χ1n) is 5.65. The Morgan fingerprint density at radius 1 is 1.53 bits per heavy atom. The normalized spacial score (nSPS) is 9.47. The number of hydrogen-bond acceptors (Lipinski definition) is 4. The molecule has 6 heteroatoms. The van der Waals surface area contributed by atoms with E-state index in [9.17, 15) is 9.59 Å². The highest BCUT2D eigenvalue weighted by Crippen LogP contribution is 2.09. The third kappa shape index (κ3) is 4.68. The molecule has 0 aliphatic rings. The van der Waals surface area contributed by atoms with Crippen LogP contribution in [0.25, 0.3) is 0 Å². The van der Waals surface area contributed by atoms with E-state index in [0.717, 1.165) is 0 Å². The summed E-state index contributed by atoms with van der Waals surface area (Å²) in [6, 6.07) is 3.28. The quantitative estimate of drug-likeness (QED) is 0.722. The first-order valence-corrected chi connectivity index (χ1v) is 5.65. The highest BCUT2D eigenvalue weighted by molar-refractivity contribution is 5.94. The van der Waals surface area contributed by atoms with E-state index in [1.54, 1.807) is 24.1 Å². The third-order valence-electron chi connectivity index (χ3n) is 2.41. The van der Waals surface area contributed by atoms with E-state index in [0.29, 0.717) is 17.9 Å². The van der Waals surface area contributed by atoms with E-state index in [2.05, 4.69) is 16.2 Å². The van der Waals surface area contributed by atoms with Crippen LogP contribution in [0.3, 0.4) is 0 Å². The molecule has 1 aromatic rings. The number of aliphatic carboxylic acids is 1. The summed E-state index contributed by atoms with van der Waals surface area (Å²) >= 11 is 0. The van der Waals surface area contributed by atoms with E-state index in [-0.39, 0.29) is 18.9 Å². The van der Waals surface area contributed by atoms with E-state index >= 15 is 0 Å². The van der Waals surface area contributed by atoms with Crippen molar-refractivity contribution in [2.24, 2.45) is 0 Å². The Bertz CT molecular complexity index is 491. The average Bonchev–Trinajstić information content (AvgIpc) is 2.42. The number of hydrogen-bond donors (Lipinski definition) is 2. The summed E-state index contributed by atoms with van der Waals surface area (Å²) in [4.78, 5) is 27.8. The maximum atomic E-state index is 11.6. The molecular formula is C13H15N3O3. The largest absolute Gasteiger partial charge is 0.481 e. The van der Waals surface area contributed by atoms with Gasteiger partial charge >= 0.3 is 5.97 Å². The second-order valence-electron chi connectivity index (χ2n) is 3.86. The monoisotopic (exact) mass is 261 g/mol. The second kappa shape index (κ2) is 7.01. The molecule has 0 radical (unpaired) electrons. The number of aromatic nitrogens is 1. The van der Waals surface area contributed by atoms with Gasteiger partial charge in [-0.3, -0.25) is 9.59 Å². The van der Waals surface area contributed by atoms with Crippen LogP contribution in [0.2, 0.25) is 0 Å². The number of terminal acetylenes is 1. The van der Waals surface area contributed by atoms with Gasteiger partial charge in [0.25, 0.3) is 5.91 Å². The van der Waals surface area contributed by atoms with Crippen LogP contribution in [-0.4, -0.2) is 42.1 Å². The molecule has 0 aromatic carbocycles. The lowest BCUT2D eigenvalue weighted by Crippen LogP contribution is -2.24. The van der Waals surface area contributed by atoms with Crippen molar-refractivity contribution in [2.75, 3.05) is 25.0 Å². The van der Waals surface area contributed by atoms with E-state index in [1.165, 1.54) is 6.20 Å². The first kappa shape index (κ1) is 14.5. The first-order chi connectivity index (χ1) is 9.04. The summed E-state index contributed by atoms with van der Waals surface area (Å²) in [6.07, 6.45) is 6.50. The molecule has 0 aliphatic heterocycles. The lowest BCUT2D eigenvalue weighted by molar-refractivity contribution is -0.136. The molecular weight excluding hydrogens is 246 g/mol. The molecule has 0 spiro atoms. The van der Waals surface area contributed by atoms with Crippen molar-refractivity contribution in [1.82, 2.24) is 10.3 Å². The number of carboxylic acids is 1. The minimum absolute atomic E-state index is 0.0303. The van der Waals surface area contributed by atoms with Crippen LogP contribution in [0.5, 0.6) is 0 Å². The average molecular weight is 261 g/mol. The van der Waals surface area contributed by atoms with Gasteiger partial charge in [0, 0.05) is 19.8 Å². The van der Waals surface area contributed by atoms with Gasteiger partial charge in [0.1, 0.15) is 5.82 Å². The van der Waals surface area contributed by atoms with Gasteiger partial charge in [-0.05, 0) is 12.1 Å². The molecule has 0 fully saturated rings. The lowest BCUT2D eigenvalue weighted by Gasteiger charge is -2.16. The number of amides is 1. The highest BCUT2D eigenvalue weighted by Gasteiger charge is 2.08. The van der Waals surface area contributed by atoms with Crippen molar-refractivity contribution in [3.63, 3.8) is 0 Å². The molecule has 100 valence electrons. The van der Waals surface area contributed by atoms with Crippen molar-refractivity contribution in [3.8, 4) is 12.3 Å². The predicted octanol–water partition coefficient (Wildman–Crippen LogP) is 0.356. The molecule has 0 aliphatic carbocycles. The van der Waals surface area contributed by atoms with Crippen molar-refractivity contribution in [3.05, 3.63) is 23.9 Å². The number of carbonyl (C=O) groups excluding carboxylic acids is 1. The molecule has 0 bridgehead atoms. The maximum absolute atomic E-state index is 11.6. The van der Waals surface area contributed by atoms with Gasteiger partial charge in [-0.2, -0.15) is 0 Å². The minimum Gasteiger partial charge on any atom is -0.481 e. The van der Waals surface area contributed by atoms with Crippen LogP contribution in [0.1, 0.15) is 16.8 Å². The zero-order valence-electron chi connectivity index (χ0n) is 10.6. The number of nitrogens with zero attached hydrogens (tertiary/aromatic N) is 2. The fourth-order valence-electron chi connectivity index (χ4n) is 1.36. The fraction of sp³-hybridized carbons (Fsp3) is 0.308. The van der Waals surface area contributed by atoms with Gasteiger partial charge in [0.15, 0.2) is 0 Å². The number of pyridine rings is 1. The number of carboxylic acid groups (broad SMARTS) is 1. The summed E-state index contributed by atoms with van der Waals surface area (Å²) in [6.45, 7) is 0.518. The highest BCUT2D eigenvalue weighted by atomic mass is 16.4. The zero-order valence-corrected chi connectivity index (χ0v) is 10.6. The molecule has 1 heterocycles. The Hall–Kier alpha value is -2.55. The molecule has 1 aromatic heterocycles. The SMILES string of the molecule is C#CCNC(=O)c1ccc(N(C)CCC(=O)O)nc1. The molecule has 1 rings (SSSR count). The molecule has 2 N–H and O–H groups in total. The summed E-state index contributed by atoms with van der Waals surface area (Å²) < 4.78 is 0. The Morgan fingerprint density at radius 2 is 2.26 bits per heavy atom. The number of anilines is 1. The molecule has 1 amide bonds. The predicted molar refractivity (Wildman–Crippen MR) is 70.9 cm³/mol. The number of rotatable bonds is 6. The molecule has 0 saturated heterocycles. The van der Waals surface area contributed by atoms with Crippen LogP contribution in [-0.2, 0) is 4.79 Å². The van der Waals surface area contributed by atoms with Crippen LogP contribution in [0, 0.1) is 12.3 Å². The topological polar surface area (TPSA) is 82.5 Å². The summed E-state index contributed by atoms with van der Waals surface area (Å²) in [5.41, 5.74) is 0.408. The zero-order chi connectivity index (χ0) is 14.3. The molecule has 19 heavy (non-hydrogen) atoms. The third-order valence-corrected chi connectivity index (χ3v) is 2.41. The van der Waals surface area contributed by atoms with Gasteiger partial charge in [-0.15, -0.1) is 6.42 Å². The minimum atomic E-state index is -0.864. The van der Waals surface area contributed by atoms with Crippen molar-refractivity contribution < 1.29 is 14.7 Å². The van der Waals surface area contributed by atoms with Gasteiger partial charge in [0.2, 0.25) is 0 Å². The molecule has 0 unspecified atom stereocenters. The van der Waals surface area contributed by atoms with Crippen LogP contribution < -0.4 is 10.2 Å². The summed E-state index contributed by atoms with van der Waals surface area (Å²) in [5.74, 6) is 1.76. The standard InChI is InChI=1S/C13H15N3O3/c1-3-7-14-13(19)10-4-5-11(15-9-10)16(2)8-6-12(17)18/h1,4-5,9H,6-8H2,2H3,(H,14,19)(H,17,18). The Kier molecular flexibility index (Phi) is 5.35. The maximum Gasteiger partial charge on any atom is 0.305 e. The van der Waals surface area contributed by atoms with Gasteiger partial charge in [0.05, 0.1) is 18.5 Å². The summed E-state index contributed by atoms with van der Waals surface area (Å²) in [5, 5.41) is 11.1. The Morgan fingerprint density at radius 3 is 2.79 bits per heavy atom. The fourth-order valence-corrected chi connectivity index (χ4v) is 1.36. The van der Waals surface area contributed by atoms with E-state index in [1.807, 2.05) is 0 Å². The van der Waals surface area contributed by atoms with Crippen molar-refractivity contribution >= 4 is 17.7 Å². The smallest absolute Gasteiger partial charge is 0.305 e. The number of carbonyl (C=O) groups is 2. The molecule has 6 nitrogen and oxygen atoms in total.